The van der Waals surface area contributed by atoms with E-state index < -0.39 is 44.3 Å². The lowest BCUT2D eigenvalue weighted by atomic mass is 10.0. The molecule has 0 saturated heterocycles. The van der Waals surface area contributed by atoms with Gasteiger partial charge in [0, 0.05) is 25.8 Å². The van der Waals surface area contributed by atoms with Crippen molar-refractivity contribution in [1.29, 1.82) is 0 Å². The maximum absolute atomic E-state index is 12.6. The molecule has 0 heterocycles. The summed E-state index contributed by atoms with van der Waals surface area (Å²) in [7, 11) is -4.60. The SMILES string of the molecule is CCCCCCCCCCCCCCCC(=O)OC[C@H](COP(=O)(O)OCCNC(=O)CCC(=O)O)OC(=O)CCCCCCCCCCCCCCC. The molecule has 0 aliphatic carbocycles. The Morgan fingerprint density at radius 2 is 0.944 bits per heavy atom. The lowest BCUT2D eigenvalue weighted by molar-refractivity contribution is -0.161. The summed E-state index contributed by atoms with van der Waals surface area (Å²) in [5.74, 6) is -2.58. The summed E-state index contributed by atoms with van der Waals surface area (Å²) in [5.41, 5.74) is 0. The molecule has 0 radical (unpaired) electrons. The highest BCUT2D eigenvalue weighted by molar-refractivity contribution is 7.47. The van der Waals surface area contributed by atoms with Gasteiger partial charge in [-0.25, -0.2) is 4.57 Å². The molecule has 54 heavy (non-hydrogen) atoms. The van der Waals surface area contributed by atoms with E-state index in [-0.39, 0.29) is 45.4 Å². The molecule has 2 atom stereocenters. The fourth-order valence-corrected chi connectivity index (χ4v) is 6.82. The van der Waals surface area contributed by atoms with Gasteiger partial charge in [0.25, 0.3) is 0 Å². The molecule has 1 amide bonds. The van der Waals surface area contributed by atoms with E-state index in [0.29, 0.717) is 12.8 Å². The first-order chi connectivity index (χ1) is 26.1. The lowest BCUT2D eigenvalue weighted by Gasteiger charge is -2.20. The third-order valence-electron chi connectivity index (χ3n) is 9.37. The summed E-state index contributed by atoms with van der Waals surface area (Å²) in [5, 5.41) is 11.0. The minimum absolute atomic E-state index is 0.138. The Morgan fingerprint density at radius 3 is 1.37 bits per heavy atom. The van der Waals surface area contributed by atoms with Crippen molar-refractivity contribution < 1.29 is 52.3 Å². The Labute approximate surface area is 327 Å². The summed E-state index contributed by atoms with van der Waals surface area (Å²) < 4.78 is 33.2. The van der Waals surface area contributed by atoms with Crippen molar-refractivity contribution in [3.63, 3.8) is 0 Å². The van der Waals surface area contributed by atoms with Gasteiger partial charge in [-0.2, -0.15) is 0 Å². The molecule has 0 aliphatic rings. The predicted octanol–water partition coefficient (Wildman–Crippen LogP) is 10.5. The zero-order chi connectivity index (χ0) is 40.0. The Bertz CT molecular complexity index is 981. The van der Waals surface area contributed by atoms with Gasteiger partial charge in [-0.3, -0.25) is 28.2 Å². The van der Waals surface area contributed by atoms with Crippen LogP contribution in [0.3, 0.4) is 0 Å². The molecule has 0 aromatic rings. The number of ether oxygens (including phenoxy) is 2. The molecule has 0 saturated carbocycles. The average Bonchev–Trinajstić information content (AvgIpc) is 3.14. The second kappa shape index (κ2) is 37.9. The summed E-state index contributed by atoms with van der Waals surface area (Å²) in [6.07, 6.45) is 29.7. The van der Waals surface area contributed by atoms with E-state index in [9.17, 15) is 28.6 Å². The molecule has 0 aromatic carbocycles. The fourth-order valence-electron chi connectivity index (χ4n) is 6.07. The highest BCUT2D eigenvalue weighted by atomic mass is 31.2. The monoisotopic (exact) mass is 792 g/mol. The molecule has 318 valence electrons. The number of carbonyl (C=O) groups excluding carboxylic acids is 3. The van der Waals surface area contributed by atoms with Crippen LogP contribution in [0.25, 0.3) is 0 Å². The number of hydrogen-bond donors (Lipinski definition) is 3. The standard InChI is InChI=1S/C41H78NO11P/c1-3-5-7-9-11-13-15-17-19-21-23-25-27-29-40(46)50-35-37(36-52-54(48,49)51-34-33-42-38(43)31-32-39(44)45)53-41(47)30-28-26-24-22-20-18-16-14-12-10-8-6-4-2/h37H,3-36H2,1-2H3,(H,42,43)(H,44,45)(H,48,49)/t37-/m1/s1. The number of carboxylic acids is 1. The molecule has 0 rings (SSSR count). The van der Waals surface area contributed by atoms with Crippen LogP contribution in [0.2, 0.25) is 0 Å². The first kappa shape index (κ1) is 52.0. The van der Waals surface area contributed by atoms with Crippen LogP contribution >= 0.6 is 7.82 Å². The third kappa shape index (κ3) is 38.3. The quantitative estimate of drug-likeness (QED) is 0.0305. The van der Waals surface area contributed by atoms with Crippen molar-refractivity contribution >= 4 is 31.6 Å². The van der Waals surface area contributed by atoms with Gasteiger partial charge in [0.05, 0.1) is 19.6 Å². The molecule has 3 N–H and O–H groups in total. The first-order valence-electron chi connectivity index (χ1n) is 21.5. The van der Waals surface area contributed by atoms with Crippen molar-refractivity contribution in [2.24, 2.45) is 0 Å². The summed E-state index contributed by atoms with van der Waals surface area (Å²) in [4.78, 5) is 57.4. The number of nitrogens with one attached hydrogen (secondary N) is 1. The summed E-state index contributed by atoms with van der Waals surface area (Å²) in [6.45, 7) is 3.11. The van der Waals surface area contributed by atoms with E-state index in [1.165, 1.54) is 116 Å². The molecular formula is C41H78NO11P. The van der Waals surface area contributed by atoms with Crippen LogP contribution in [0, 0.1) is 0 Å². The van der Waals surface area contributed by atoms with Crippen molar-refractivity contribution in [3.8, 4) is 0 Å². The van der Waals surface area contributed by atoms with E-state index in [2.05, 4.69) is 19.2 Å². The fraction of sp³-hybridized carbons (Fsp3) is 0.902. The molecule has 1 unspecified atom stereocenters. The number of carbonyl (C=O) groups is 4. The number of phosphoric ester groups is 1. The van der Waals surface area contributed by atoms with Crippen LogP contribution in [-0.2, 0) is 42.3 Å². The van der Waals surface area contributed by atoms with Crippen LogP contribution < -0.4 is 5.32 Å². The molecular weight excluding hydrogens is 713 g/mol. The van der Waals surface area contributed by atoms with Crippen LogP contribution in [0.15, 0.2) is 0 Å². The molecule has 0 aromatic heterocycles. The lowest BCUT2D eigenvalue weighted by Crippen LogP contribution is -2.30. The molecule has 0 aliphatic heterocycles. The maximum Gasteiger partial charge on any atom is 0.472 e. The largest absolute Gasteiger partial charge is 0.481 e. The Hall–Kier alpha value is -2.01. The van der Waals surface area contributed by atoms with E-state index in [0.717, 1.165) is 38.5 Å². The molecule has 0 fully saturated rings. The number of phosphoric acid groups is 1. The Balaban J connectivity index is 4.49. The number of amides is 1. The van der Waals surface area contributed by atoms with Gasteiger partial charge in [0.15, 0.2) is 6.10 Å². The van der Waals surface area contributed by atoms with Crippen LogP contribution in [-0.4, -0.2) is 66.3 Å². The first-order valence-corrected chi connectivity index (χ1v) is 23.0. The zero-order valence-corrected chi connectivity index (χ0v) is 35.0. The van der Waals surface area contributed by atoms with Gasteiger partial charge in [-0.15, -0.1) is 0 Å². The molecule has 0 bridgehead atoms. The van der Waals surface area contributed by atoms with Crippen LogP contribution in [0.1, 0.15) is 206 Å². The normalized spacial score (nSPS) is 12.9. The van der Waals surface area contributed by atoms with Crippen LogP contribution in [0.5, 0.6) is 0 Å². The van der Waals surface area contributed by atoms with Crippen molar-refractivity contribution in [2.45, 2.75) is 213 Å². The van der Waals surface area contributed by atoms with Crippen molar-refractivity contribution in [1.82, 2.24) is 5.32 Å². The number of unbranched alkanes of at least 4 members (excludes halogenated alkanes) is 24. The van der Waals surface area contributed by atoms with Gasteiger partial charge in [-0.1, -0.05) is 168 Å². The van der Waals surface area contributed by atoms with E-state index >= 15 is 0 Å². The van der Waals surface area contributed by atoms with Gasteiger partial charge in [0.2, 0.25) is 5.91 Å². The highest BCUT2D eigenvalue weighted by Crippen LogP contribution is 2.43. The number of esters is 2. The second-order valence-corrected chi connectivity index (χ2v) is 16.1. The zero-order valence-electron chi connectivity index (χ0n) is 34.1. The highest BCUT2D eigenvalue weighted by Gasteiger charge is 2.26. The maximum atomic E-state index is 12.6. The number of rotatable bonds is 41. The topological polar surface area (TPSA) is 175 Å². The number of carboxylic acid groups (broad SMARTS) is 1. The van der Waals surface area contributed by atoms with Gasteiger partial charge < -0.3 is 24.8 Å². The van der Waals surface area contributed by atoms with Crippen molar-refractivity contribution in [3.05, 3.63) is 0 Å². The molecule has 13 heteroatoms. The third-order valence-corrected chi connectivity index (χ3v) is 10.3. The Kier molecular flexibility index (Phi) is 36.5. The molecule has 12 nitrogen and oxygen atoms in total. The second-order valence-electron chi connectivity index (χ2n) is 14.6. The van der Waals surface area contributed by atoms with Gasteiger partial charge in [-0.05, 0) is 12.8 Å². The van der Waals surface area contributed by atoms with Gasteiger partial charge in [0.1, 0.15) is 6.61 Å². The average molecular weight is 792 g/mol. The smallest absolute Gasteiger partial charge is 0.472 e. The van der Waals surface area contributed by atoms with Gasteiger partial charge >= 0.3 is 25.7 Å². The minimum atomic E-state index is -4.60. The summed E-state index contributed by atoms with van der Waals surface area (Å²) >= 11 is 0. The predicted molar refractivity (Wildman–Crippen MR) is 213 cm³/mol. The summed E-state index contributed by atoms with van der Waals surface area (Å²) in [6, 6.07) is 0. The van der Waals surface area contributed by atoms with E-state index in [4.69, 9.17) is 23.6 Å². The van der Waals surface area contributed by atoms with Crippen LogP contribution in [0.4, 0.5) is 0 Å². The molecule has 0 spiro atoms. The number of aliphatic carboxylic acids is 1. The Morgan fingerprint density at radius 1 is 0.537 bits per heavy atom. The van der Waals surface area contributed by atoms with E-state index in [1.54, 1.807) is 0 Å². The van der Waals surface area contributed by atoms with Crippen molar-refractivity contribution in [2.75, 3.05) is 26.4 Å². The number of hydrogen-bond acceptors (Lipinski definition) is 9. The van der Waals surface area contributed by atoms with E-state index in [1.807, 2.05) is 0 Å². The minimum Gasteiger partial charge on any atom is -0.481 e.